The second-order valence-corrected chi connectivity index (χ2v) is 40.2. The zero-order valence-electron chi connectivity index (χ0n) is 16.2. The predicted molar refractivity (Wildman–Crippen MR) is 122 cm³/mol. The van der Waals surface area contributed by atoms with Gasteiger partial charge < -0.3 is 16.0 Å². The molecule has 0 radical (unpaired) electrons. The van der Waals surface area contributed by atoms with E-state index in [4.69, 9.17) is 52.5 Å². The first-order chi connectivity index (χ1) is 10.1. The summed E-state index contributed by atoms with van der Waals surface area (Å²) in [4.78, 5) is 0. The molecule has 0 aromatic rings. The summed E-state index contributed by atoms with van der Waals surface area (Å²) in [5.74, 6) is 0. The minimum Gasteiger partial charge on any atom is -0.422 e. The van der Waals surface area contributed by atoms with Crippen molar-refractivity contribution in [1.82, 2.24) is 7.79 Å². The topological polar surface area (TPSA) is 24.9 Å². The lowest BCUT2D eigenvalue weighted by atomic mass is 11.9. The number of halogens is 4. The molecule has 1 fully saturated rings. The van der Waals surface area contributed by atoms with Crippen LogP contribution in [0.3, 0.4) is 0 Å². The molecule has 14 heteroatoms. The first kappa shape index (κ1) is 24.3. The van der Waals surface area contributed by atoms with Crippen molar-refractivity contribution < 1.29 is 8.23 Å². The Labute approximate surface area is 172 Å². The van der Waals surface area contributed by atoms with Crippen molar-refractivity contribution in [1.29, 1.82) is 0 Å². The van der Waals surface area contributed by atoms with Crippen LogP contribution in [-0.2, 0) is 8.23 Å². The minimum absolute atomic E-state index is 1.82. The molecular weight excluding hydrogens is 490 g/mol. The first-order valence-electron chi connectivity index (χ1n) is 7.91. The lowest BCUT2D eigenvalue weighted by Crippen LogP contribution is -2.98. The van der Waals surface area contributed by atoms with Crippen LogP contribution in [0, 0.1) is 0 Å². The van der Waals surface area contributed by atoms with Crippen molar-refractivity contribution in [2.75, 3.05) is 0 Å². The summed E-state index contributed by atoms with van der Waals surface area (Å²) >= 11 is 25.2. The molecule has 0 aliphatic carbocycles. The van der Waals surface area contributed by atoms with Gasteiger partial charge in [0.1, 0.15) is 0 Å². The van der Waals surface area contributed by atoms with Crippen LogP contribution >= 0.6 is 44.3 Å². The maximum atomic E-state index is 6.30. The highest BCUT2D eigenvalue weighted by molar-refractivity contribution is 7.44. The number of hydrogen-bond donors (Lipinski definition) is 0. The molecule has 0 amide bonds. The summed E-state index contributed by atoms with van der Waals surface area (Å²) in [5.41, 5.74) is 0. The third kappa shape index (κ3) is 5.21. The molecule has 1 aliphatic heterocycles. The van der Waals surface area contributed by atoms with Gasteiger partial charge in [-0.25, -0.2) is 0 Å². The Balaban J connectivity index is 3.21. The molecule has 0 atom stereocenters. The van der Waals surface area contributed by atoms with Crippen molar-refractivity contribution in [3.8, 4) is 0 Å². The molecule has 0 N–H and O–H groups in total. The van der Waals surface area contributed by atoms with E-state index in [1.807, 2.05) is 13.1 Å². The van der Waals surface area contributed by atoms with Crippen molar-refractivity contribution in [3.63, 3.8) is 0 Å². The third-order valence-electron chi connectivity index (χ3n) is 4.12. The molecule has 0 spiro atoms. The van der Waals surface area contributed by atoms with E-state index in [2.05, 4.69) is 60.2 Å². The van der Waals surface area contributed by atoms with Crippen molar-refractivity contribution in [2.24, 2.45) is 0 Å². The first-order valence-corrected chi connectivity index (χ1v) is 28.3. The molecule has 0 unspecified atom stereocenters. The average Bonchev–Trinajstić information content (AvgIpc) is 2.00. The van der Waals surface area contributed by atoms with Crippen LogP contribution in [0.25, 0.3) is 0 Å². The molecule has 0 bridgehead atoms. The summed E-state index contributed by atoms with van der Waals surface area (Å²) in [6.45, 7) is 16.6. The molecule has 1 aliphatic rings. The highest BCUT2D eigenvalue weighted by Gasteiger charge is 2.71. The van der Waals surface area contributed by atoms with E-state index in [-0.39, 0.29) is 0 Å². The molecule has 0 saturated carbocycles. The largest absolute Gasteiger partial charge is 0.422 e. The molecule has 1 heterocycles. The fourth-order valence-electron chi connectivity index (χ4n) is 5.10. The van der Waals surface area contributed by atoms with Gasteiger partial charge in [-0.05, 0) is 65.5 Å². The average molecular weight is 521 g/mol. The molecule has 4 nitrogen and oxygen atoms in total. The SMILES string of the molecule is C[Si](Cl)(Cl)O[Si](C)(C)N1[Si](C)(C)N([Si](C)(C)O[Si](C)(Cl)Cl)[Si]1(C)C. The number of hydrogen-bond acceptors (Lipinski definition) is 4. The number of nitrogens with zero attached hydrogens (tertiary/aromatic N) is 2. The van der Waals surface area contributed by atoms with Crippen LogP contribution in [0.4, 0.5) is 0 Å². The van der Waals surface area contributed by atoms with Gasteiger partial charge in [-0.3, -0.25) is 0 Å². The minimum atomic E-state index is -2.63. The van der Waals surface area contributed by atoms with E-state index in [0.717, 1.165) is 0 Å². The van der Waals surface area contributed by atoms with Gasteiger partial charge in [0, 0.05) is 0 Å². The van der Waals surface area contributed by atoms with Crippen LogP contribution in [0.1, 0.15) is 0 Å². The van der Waals surface area contributed by atoms with Crippen LogP contribution in [0.15, 0.2) is 0 Å². The van der Waals surface area contributed by atoms with Gasteiger partial charge in [-0.15, -0.1) is 44.3 Å². The fourth-order valence-corrected chi connectivity index (χ4v) is 57.0. The highest BCUT2D eigenvalue weighted by atomic mass is 35.7. The van der Waals surface area contributed by atoms with Gasteiger partial charge in [0.2, 0.25) is 17.0 Å². The fraction of sp³-hybridized carbons (Fsp3) is 1.00. The Morgan fingerprint density at radius 3 is 0.958 bits per heavy atom. The van der Waals surface area contributed by atoms with Crippen LogP contribution in [0.2, 0.25) is 65.5 Å². The molecule has 1 saturated heterocycles. The molecule has 24 heavy (non-hydrogen) atoms. The lowest BCUT2D eigenvalue weighted by molar-refractivity contribution is 0.447. The van der Waals surface area contributed by atoms with Crippen LogP contribution in [0.5, 0.6) is 0 Å². The van der Waals surface area contributed by atoms with Gasteiger partial charge in [0.15, 0.2) is 16.8 Å². The molecule has 144 valence electrons. The smallest absolute Gasteiger partial charge is 0.376 e. The highest BCUT2D eigenvalue weighted by Crippen LogP contribution is 2.47. The van der Waals surface area contributed by atoms with Gasteiger partial charge in [-0.1, -0.05) is 0 Å². The summed E-state index contributed by atoms with van der Waals surface area (Å²) < 4.78 is 17.9. The van der Waals surface area contributed by atoms with Crippen molar-refractivity contribution in [2.45, 2.75) is 65.5 Å². The van der Waals surface area contributed by atoms with E-state index in [1.165, 1.54) is 0 Å². The standard InChI is InChI=1S/C10H30Cl4N2O2Si6/c1-19(2)15(21(5,6)17-23(9,11)12)20(3,4)16(19)22(7,8)18-24(10,13)14/h1-10H3. The second kappa shape index (κ2) is 6.97. The zero-order valence-corrected chi connectivity index (χ0v) is 25.2. The summed E-state index contributed by atoms with van der Waals surface area (Å²) in [6, 6.07) is 0. The third-order valence-corrected chi connectivity index (χ3v) is 39.9. The predicted octanol–water partition coefficient (Wildman–Crippen LogP) is 5.54. The molecule has 0 aromatic carbocycles. The molecule has 0 aromatic heterocycles. The summed E-state index contributed by atoms with van der Waals surface area (Å²) in [6.07, 6.45) is 0. The quantitative estimate of drug-likeness (QED) is 0.339. The van der Waals surface area contributed by atoms with Crippen molar-refractivity contribution in [3.05, 3.63) is 0 Å². The molecular formula is C10H30Cl4N2O2Si6. The van der Waals surface area contributed by atoms with Gasteiger partial charge in [0.05, 0.1) is 0 Å². The second-order valence-electron chi connectivity index (χ2n) is 8.37. The van der Waals surface area contributed by atoms with E-state index in [9.17, 15) is 0 Å². The monoisotopic (exact) mass is 518 g/mol. The van der Waals surface area contributed by atoms with E-state index >= 15 is 0 Å². The maximum absolute atomic E-state index is 6.30. The summed E-state index contributed by atoms with van der Waals surface area (Å²) in [7, 11) is -8.17. The maximum Gasteiger partial charge on any atom is 0.376 e. The van der Waals surface area contributed by atoms with E-state index < -0.39 is 47.6 Å². The Morgan fingerprint density at radius 1 is 0.583 bits per heavy atom. The van der Waals surface area contributed by atoms with E-state index in [0.29, 0.717) is 0 Å². The van der Waals surface area contributed by atoms with Crippen LogP contribution in [-0.4, -0.2) is 55.4 Å². The van der Waals surface area contributed by atoms with Gasteiger partial charge in [-0.2, -0.15) is 0 Å². The number of rotatable bonds is 6. The lowest BCUT2D eigenvalue weighted by Gasteiger charge is -2.74. The van der Waals surface area contributed by atoms with Gasteiger partial charge >= 0.3 is 13.9 Å². The Kier molecular flexibility index (Phi) is 7.07. The zero-order chi connectivity index (χ0) is 19.6. The Bertz CT molecular complexity index is 439. The van der Waals surface area contributed by atoms with Crippen LogP contribution < -0.4 is 0 Å². The Morgan fingerprint density at radius 2 is 0.792 bits per heavy atom. The molecule has 1 rings (SSSR count). The summed E-state index contributed by atoms with van der Waals surface area (Å²) in [5, 5.41) is 0. The Hall–Kier alpha value is 2.30. The van der Waals surface area contributed by atoms with Crippen molar-refractivity contribution >= 4 is 91.9 Å². The normalized spacial score (nSPS) is 23.2. The van der Waals surface area contributed by atoms with E-state index in [1.54, 1.807) is 0 Å². The van der Waals surface area contributed by atoms with Gasteiger partial charge in [0.25, 0.3) is 0 Å².